The molecule has 130 valence electrons. The van der Waals surface area contributed by atoms with Gasteiger partial charge in [0.1, 0.15) is 5.75 Å². The summed E-state index contributed by atoms with van der Waals surface area (Å²) in [5, 5.41) is 5.96. The van der Waals surface area contributed by atoms with Crippen molar-refractivity contribution in [3.05, 3.63) is 84.9 Å². The number of fused-ring (bicyclic) bond motifs is 4. The zero-order valence-corrected chi connectivity index (χ0v) is 15.1. The van der Waals surface area contributed by atoms with Crippen LogP contribution in [0.25, 0.3) is 43.7 Å². The normalized spacial score (nSPS) is 11.3. The molecule has 27 heavy (non-hydrogen) atoms. The Balaban J connectivity index is 1.81. The van der Waals surface area contributed by atoms with Gasteiger partial charge >= 0.3 is 0 Å². The van der Waals surface area contributed by atoms with Crippen molar-refractivity contribution in [1.82, 2.24) is 4.98 Å². The third-order valence-corrected chi connectivity index (χ3v) is 5.01. The van der Waals surface area contributed by atoms with Crippen molar-refractivity contribution in [3.8, 4) is 17.0 Å². The van der Waals surface area contributed by atoms with E-state index in [1.807, 2.05) is 13.0 Å². The standard InChI is InChI=1S/C25H19NO/c1-2-27-20-13-14-24-23(16-20)21-9-5-6-10-22(21)25(26-24)19-12-11-17-7-3-4-8-18(17)15-19/h3-16H,2H2,1H3. The molecule has 0 fully saturated rings. The average Bonchev–Trinajstić information content (AvgIpc) is 2.73. The molecule has 1 heterocycles. The third kappa shape index (κ3) is 2.70. The Kier molecular flexibility index (Phi) is 3.75. The highest BCUT2D eigenvalue weighted by molar-refractivity contribution is 6.11. The third-order valence-electron chi connectivity index (χ3n) is 5.01. The highest BCUT2D eigenvalue weighted by Crippen LogP contribution is 2.34. The molecular weight excluding hydrogens is 330 g/mol. The van der Waals surface area contributed by atoms with Crippen LogP contribution < -0.4 is 4.74 Å². The van der Waals surface area contributed by atoms with Crippen LogP contribution in [0.2, 0.25) is 0 Å². The number of aromatic nitrogens is 1. The second kappa shape index (κ2) is 6.40. The van der Waals surface area contributed by atoms with Crippen molar-refractivity contribution in [1.29, 1.82) is 0 Å². The van der Waals surface area contributed by atoms with E-state index in [0.717, 1.165) is 33.3 Å². The molecule has 4 aromatic carbocycles. The molecule has 2 nitrogen and oxygen atoms in total. The lowest BCUT2D eigenvalue weighted by molar-refractivity contribution is 0.341. The van der Waals surface area contributed by atoms with E-state index in [1.165, 1.54) is 16.2 Å². The van der Waals surface area contributed by atoms with Gasteiger partial charge in [-0.3, -0.25) is 0 Å². The lowest BCUT2D eigenvalue weighted by Crippen LogP contribution is -1.93. The Labute approximate surface area is 158 Å². The molecule has 0 aliphatic carbocycles. The quantitative estimate of drug-likeness (QED) is 0.342. The van der Waals surface area contributed by atoms with E-state index in [-0.39, 0.29) is 0 Å². The zero-order valence-electron chi connectivity index (χ0n) is 15.1. The van der Waals surface area contributed by atoms with Crippen molar-refractivity contribution in [2.24, 2.45) is 0 Å². The Hall–Kier alpha value is -3.39. The summed E-state index contributed by atoms with van der Waals surface area (Å²) in [6.07, 6.45) is 0. The lowest BCUT2D eigenvalue weighted by atomic mass is 9.98. The van der Waals surface area contributed by atoms with Crippen LogP contribution in [-0.4, -0.2) is 11.6 Å². The Morgan fingerprint density at radius 2 is 1.48 bits per heavy atom. The summed E-state index contributed by atoms with van der Waals surface area (Å²) in [6.45, 7) is 2.66. The molecule has 0 amide bonds. The number of hydrogen-bond donors (Lipinski definition) is 0. The molecule has 0 saturated heterocycles. The van der Waals surface area contributed by atoms with Gasteiger partial charge in [0.15, 0.2) is 0 Å². The molecule has 0 radical (unpaired) electrons. The molecule has 0 bridgehead atoms. The van der Waals surface area contributed by atoms with E-state index >= 15 is 0 Å². The van der Waals surface area contributed by atoms with E-state index in [0.29, 0.717) is 6.61 Å². The van der Waals surface area contributed by atoms with Crippen LogP contribution in [0.3, 0.4) is 0 Å². The predicted molar refractivity (Wildman–Crippen MR) is 113 cm³/mol. The minimum absolute atomic E-state index is 0.659. The molecule has 0 spiro atoms. The maximum Gasteiger partial charge on any atom is 0.120 e. The fourth-order valence-corrected chi connectivity index (χ4v) is 3.75. The van der Waals surface area contributed by atoms with Crippen molar-refractivity contribution >= 4 is 32.4 Å². The van der Waals surface area contributed by atoms with Crippen molar-refractivity contribution in [2.45, 2.75) is 6.92 Å². The first-order chi connectivity index (χ1) is 13.3. The molecular formula is C25H19NO. The van der Waals surface area contributed by atoms with Gasteiger partial charge in [-0.05, 0) is 47.3 Å². The Bertz CT molecular complexity index is 1290. The average molecular weight is 349 g/mol. The predicted octanol–water partition coefficient (Wildman–Crippen LogP) is 6.61. The molecule has 2 heteroatoms. The first kappa shape index (κ1) is 15.8. The van der Waals surface area contributed by atoms with Gasteiger partial charge in [0.2, 0.25) is 0 Å². The largest absolute Gasteiger partial charge is 0.494 e. The van der Waals surface area contributed by atoms with E-state index in [4.69, 9.17) is 9.72 Å². The van der Waals surface area contributed by atoms with Gasteiger partial charge in [-0.2, -0.15) is 0 Å². The van der Waals surface area contributed by atoms with Gasteiger partial charge in [0.05, 0.1) is 17.8 Å². The van der Waals surface area contributed by atoms with Crippen LogP contribution in [0.15, 0.2) is 84.9 Å². The van der Waals surface area contributed by atoms with Gasteiger partial charge < -0.3 is 4.74 Å². The van der Waals surface area contributed by atoms with Crippen LogP contribution >= 0.6 is 0 Å². The second-order valence-corrected chi connectivity index (χ2v) is 6.68. The monoisotopic (exact) mass is 349 g/mol. The highest BCUT2D eigenvalue weighted by Gasteiger charge is 2.11. The number of benzene rings is 4. The van der Waals surface area contributed by atoms with Crippen molar-refractivity contribution in [3.63, 3.8) is 0 Å². The Morgan fingerprint density at radius 1 is 0.704 bits per heavy atom. The van der Waals surface area contributed by atoms with Crippen molar-refractivity contribution < 1.29 is 4.74 Å². The number of hydrogen-bond acceptors (Lipinski definition) is 2. The molecule has 0 unspecified atom stereocenters. The molecule has 0 aliphatic rings. The fraction of sp³-hybridized carbons (Fsp3) is 0.0800. The smallest absolute Gasteiger partial charge is 0.120 e. The number of pyridine rings is 1. The number of nitrogens with zero attached hydrogens (tertiary/aromatic N) is 1. The topological polar surface area (TPSA) is 22.1 Å². The summed E-state index contributed by atoms with van der Waals surface area (Å²) in [6, 6.07) is 29.6. The van der Waals surface area contributed by atoms with Gasteiger partial charge in [0.25, 0.3) is 0 Å². The highest BCUT2D eigenvalue weighted by atomic mass is 16.5. The SMILES string of the molecule is CCOc1ccc2nc(-c3ccc4ccccc4c3)c3ccccc3c2c1. The summed E-state index contributed by atoms with van der Waals surface area (Å²) < 4.78 is 5.70. The van der Waals surface area contributed by atoms with E-state index in [2.05, 4.69) is 78.9 Å². The summed E-state index contributed by atoms with van der Waals surface area (Å²) >= 11 is 0. The van der Waals surface area contributed by atoms with Crippen molar-refractivity contribution in [2.75, 3.05) is 6.61 Å². The molecule has 5 aromatic rings. The lowest BCUT2D eigenvalue weighted by Gasteiger charge is -2.12. The van der Waals surface area contributed by atoms with Crippen LogP contribution in [0.5, 0.6) is 5.75 Å². The first-order valence-electron chi connectivity index (χ1n) is 9.28. The molecule has 0 aliphatic heterocycles. The zero-order chi connectivity index (χ0) is 18.2. The molecule has 1 aromatic heterocycles. The van der Waals surface area contributed by atoms with E-state index in [9.17, 15) is 0 Å². The van der Waals surface area contributed by atoms with Gasteiger partial charge in [-0.1, -0.05) is 60.7 Å². The van der Waals surface area contributed by atoms with Gasteiger partial charge in [-0.25, -0.2) is 4.98 Å². The van der Waals surface area contributed by atoms with Gasteiger partial charge in [0, 0.05) is 16.3 Å². The van der Waals surface area contributed by atoms with Crippen LogP contribution in [0, 0.1) is 0 Å². The fourth-order valence-electron chi connectivity index (χ4n) is 3.75. The summed E-state index contributed by atoms with van der Waals surface area (Å²) in [7, 11) is 0. The van der Waals surface area contributed by atoms with E-state index in [1.54, 1.807) is 0 Å². The minimum Gasteiger partial charge on any atom is -0.494 e. The molecule has 0 saturated carbocycles. The summed E-state index contributed by atoms with van der Waals surface area (Å²) in [5.41, 5.74) is 3.15. The molecule has 0 N–H and O–H groups in total. The maximum atomic E-state index is 5.70. The number of ether oxygens (including phenoxy) is 1. The van der Waals surface area contributed by atoms with Crippen LogP contribution in [0.4, 0.5) is 0 Å². The number of rotatable bonds is 3. The second-order valence-electron chi connectivity index (χ2n) is 6.68. The van der Waals surface area contributed by atoms with Crippen LogP contribution in [-0.2, 0) is 0 Å². The molecule has 0 atom stereocenters. The minimum atomic E-state index is 0.659. The summed E-state index contributed by atoms with van der Waals surface area (Å²) in [4.78, 5) is 5.03. The molecule has 5 rings (SSSR count). The van der Waals surface area contributed by atoms with Crippen LogP contribution in [0.1, 0.15) is 6.92 Å². The summed E-state index contributed by atoms with van der Waals surface area (Å²) in [5.74, 6) is 0.885. The van der Waals surface area contributed by atoms with Gasteiger partial charge in [-0.15, -0.1) is 0 Å². The maximum absolute atomic E-state index is 5.70. The van der Waals surface area contributed by atoms with E-state index < -0.39 is 0 Å². The Morgan fingerprint density at radius 3 is 2.33 bits per heavy atom. The first-order valence-corrected chi connectivity index (χ1v) is 9.28.